The molecule has 10 heavy (non-hydrogen) atoms. The van der Waals surface area contributed by atoms with Gasteiger partial charge in [-0.05, 0) is 6.08 Å². The Balaban J connectivity index is 2.30. The van der Waals surface area contributed by atoms with Gasteiger partial charge in [-0.25, -0.2) is 4.98 Å². The smallest absolute Gasteiger partial charge is 0.143 e. The summed E-state index contributed by atoms with van der Waals surface area (Å²) in [5.74, 6) is 0. The van der Waals surface area contributed by atoms with E-state index in [9.17, 15) is 0 Å². The van der Waals surface area contributed by atoms with Crippen molar-refractivity contribution in [3.8, 4) is 0 Å². The van der Waals surface area contributed by atoms with Gasteiger partial charge < -0.3 is 0 Å². The summed E-state index contributed by atoms with van der Waals surface area (Å²) in [6.45, 7) is 0. The maximum Gasteiger partial charge on any atom is 0.143 e. The second-order valence-corrected chi connectivity index (χ2v) is 2.65. The Morgan fingerprint density at radius 1 is 1.40 bits per heavy atom. The molecule has 2 heterocycles. The molecule has 0 aliphatic carbocycles. The van der Waals surface area contributed by atoms with Crippen molar-refractivity contribution in [1.29, 1.82) is 0 Å². The van der Waals surface area contributed by atoms with E-state index in [0.29, 0.717) is 0 Å². The Labute approximate surface area is 62.1 Å². The van der Waals surface area contributed by atoms with Crippen LogP contribution in [0.1, 0.15) is 5.01 Å². The minimum absolute atomic E-state index is 0.856. The molecular weight excluding hydrogens is 146 g/mol. The van der Waals surface area contributed by atoms with Crippen molar-refractivity contribution in [2.45, 2.75) is 0 Å². The van der Waals surface area contributed by atoms with Crippen molar-refractivity contribution >= 4 is 23.2 Å². The third-order valence-corrected chi connectivity index (χ3v) is 1.91. The van der Waals surface area contributed by atoms with Crippen LogP contribution in [0.4, 0.5) is 0 Å². The van der Waals surface area contributed by atoms with E-state index in [-0.39, 0.29) is 0 Å². The van der Waals surface area contributed by atoms with Crippen LogP contribution >= 0.6 is 11.3 Å². The number of hydrogen-bond donors (Lipinski definition) is 0. The number of hydrogen-bond acceptors (Lipinski definition) is 3. The predicted octanol–water partition coefficient (Wildman–Crippen LogP) is 1.09. The van der Waals surface area contributed by atoms with Crippen molar-refractivity contribution < 1.29 is 0 Å². The molecule has 0 N–H and O–H groups in total. The number of rotatable bonds is 1. The third-order valence-electron chi connectivity index (χ3n) is 1.12. The second-order valence-electron chi connectivity index (χ2n) is 1.75. The molecule has 0 bridgehead atoms. The molecule has 0 amide bonds. The van der Waals surface area contributed by atoms with E-state index in [1.165, 1.54) is 0 Å². The van der Waals surface area contributed by atoms with Gasteiger partial charge in [0.25, 0.3) is 0 Å². The Morgan fingerprint density at radius 3 is 3.00 bits per heavy atom. The molecule has 0 unspecified atom stereocenters. The molecule has 0 aromatic carbocycles. The normalized spacial score (nSPS) is 15.0. The standard InChI is InChI=1S/C6H4N3S/c1-2-8-9-5(1)6-7-3-4-10-6/h1-4H. The van der Waals surface area contributed by atoms with Gasteiger partial charge >= 0.3 is 0 Å². The van der Waals surface area contributed by atoms with Gasteiger partial charge in [0.15, 0.2) is 0 Å². The largest absolute Gasteiger partial charge is 0.243 e. The zero-order chi connectivity index (χ0) is 6.81. The molecule has 49 valence electrons. The average molecular weight is 150 g/mol. The Hall–Kier alpha value is -1.16. The number of nitrogens with zero attached hydrogens (tertiary/aromatic N) is 3. The number of aromatic nitrogens is 1. The van der Waals surface area contributed by atoms with Gasteiger partial charge in [-0.15, -0.1) is 16.8 Å². The summed E-state index contributed by atoms with van der Waals surface area (Å²) in [6.07, 6.45) is 5.27. The molecule has 1 radical (unpaired) electrons. The van der Waals surface area contributed by atoms with Crippen molar-refractivity contribution in [2.24, 2.45) is 5.10 Å². The molecule has 0 saturated carbocycles. The topological polar surface area (TPSA) is 39.4 Å². The molecule has 0 fully saturated rings. The lowest BCUT2D eigenvalue weighted by Gasteiger charge is -1.89. The van der Waals surface area contributed by atoms with E-state index < -0.39 is 0 Å². The fourth-order valence-corrected chi connectivity index (χ4v) is 1.30. The molecule has 0 spiro atoms. The van der Waals surface area contributed by atoms with Gasteiger partial charge in [0.1, 0.15) is 10.7 Å². The van der Waals surface area contributed by atoms with E-state index in [4.69, 9.17) is 0 Å². The van der Waals surface area contributed by atoms with Crippen molar-refractivity contribution in [3.05, 3.63) is 22.7 Å². The summed E-state index contributed by atoms with van der Waals surface area (Å²) in [4.78, 5) is 4.07. The first-order valence-electron chi connectivity index (χ1n) is 2.81. The average Bonchev–Trinajstić information content (AvgIpc) is 2.59. The van der Waals surface area contributed by atoms with Gasteiger partial charge in [0, 0.05) is 11.6 Å². The van der Waals surface area contributed by atoms with Crippen LogP contribution in [0, 0.1) is 0 Å². The molecule has 0 saturated heterocycles. The summed E-state index contributed by atoms with van der Waals surface area (Å²) in [5, 5.41) is 6.54. The Morgan fingerprint density at radius 2 is 2.40 bits per heavy atom. The fourth-order valence-electron chi connectivity index (χ4n) is 0.697. The third kappa shape index (κ3) is 0.823. The highest BCUT2D eigenvalue weighted by Gasteiger charge is 2.06. The molecule has 1 aromatic rings. The molecule has 1 aliphatic rings. The van der Waals surface area contributed by atoms with Gasteiger partial charge in [-0.2, -0.15) is 5.10 Å². The van der Waals surface area contributed by atoms with Crippen LogP contribution in [0.3, 0.4) is 0 Å². The predicted molar refractivity (Wildman–Crippen MR) is 40.7 cm³/mol. The van der Waals surface area contributed by atoms with Crippen LogP contribution in [-0.4, -0.2) is 11.2 Å². The maximum atomic E-state index is 4.07. The fraction of sp³-hybridized carbons (Fsp3) is 0. The minimum atomic E-state index is 0.856. The van der Waals surface area contributed by atoms with Gasteiger partial charge in [0.05, 0.1) is 6.21 Å². The highest BCUT2D eigenvalue weighted by atomic mass is 32.1. The number of allylic oxidation sites excluding steroid dienone is 1. The van der Waals surface area contributed by atoms with Gasteiger partial charge in [-0.3, -0.25) is 0 Å². The Kier molecular flexibility index (Phi) is 1.25. The summed E-state index contributed by atoms with van der Waals surface area (Å²) >= 11 is 1.57. The summed E-state index contributed by atoms with van der Waals surface area (Å²) < 4.78 is 0. The number of thiazole rings is 1. The molecule has 1 aliphatic heterocycles. The maximum absolute atomic E-state index is 4.07. The lowest BCUT2D eigenvalue weighted by Crippen LogP contribution is -1.89. The second kappa shape index (κ2) is 2.22. The summed E-state index contributed by atoms with van der Waals surface area (Å²) in [6, 6.07) is 0. The lowest BCUT2D eigenvalue weighted by atomic mass is 10.4. The van der Waals surface area contributed by atoms with E-state index in [2.05, 4.69) is 15.5 Å². The molecule has 3 nitrogen and oxygen atoms in total. The highest BCUT2D eigenvalue weighted by Crippen LogP contribution is 2.16. The van der Waals surface area contributed by atoms with Gasteiger partial charge in [-0.1, -0.05) is 0 Å². The quantitative estimate of drug-likeness (QED) is 0.590. The molecular formula is C6H4N3S. The summed E-state index contributed by atoms with van der Waals surface area (Å²) in [7, 11) is 0. The molecule has 2 rings (SSSR count). The van der Waals surface area contributed by atoms with E-state index in [1.807, 2.05) is 11.5 Å². The van der Waals surface area contributed by atoms with Gasteiger partial charge in [0.2, 0.25) is 0 Å². The Bertz CT molecular complexity index is 273. The first kappa shape index (κ1) is 5.61. The van der Waals surface area contributed by atoms with Crippen LogP contribution < -0.4 is 5.43 Å². The van der Waals surface area contributed by atoms with Crippen molar-refractivity contribution in [1.82, 2.24) is 10.4 Å². The molecule has 1 aromatic heterocycles. The lowest BCUT2D eigenvalue weighted by molar-refractivity contribution is 0.994. The van der Waals surface area contributed by atoms with Crippen LogP contribution in [0.25, 0.3) is 5.70 Å². The SMILES string of the molecule is C1=N[N]C(c2nccs2)=C1. The van der Waals surface area contributed by atoms with E-state index in [0.717, 1.165) is 10.7 Å². The minimum Gasteiger partial charge on any atom is -0.243 e. The van der Waals surface area contributed by atoms with Crippen LogP contribution in [-0.2, 0) is 0 Å². The van der Waals surface area contributed by atoms with Crippen LogP contribution in [0.15, 0.2) is 22.8 Å². The van der Waals surface area contributed by atoms with Crippen molar-refractivity contribution in [3.63, 3.8) is 0 Å². The summed E-state index contributed by atoms with van der Waals surface area (Å²) in [5.41, 5.74) is 4.71. The highest BCUT2D eigenvalue weighted by molar-refractivity contribution is 7.10. The van der Waals surface area contributed by atoms with E-state index in [1.54, 1.807) is 23.7 Å². The molecule has 4 heteroatoms. The zero-order valence-corrected chi connectivity index (χ0v) is 5.88. The first-order valence-corrected chi connectivity index (χ1v) is 3.69. The van der Waals surface area contributed by atoms with Crippen molar-refractivity contribution in [2.75, 3.05) is 0 Å². The van der Waals surface area contributed by atoms with Crippen LogP contribution in [0.2, 0.25) is 0 Å². The first-order chi connectivity index (χ1) is 4.97. The monoisotopic (exact) mass is 150 g/mol. The van der Waals surface area contributed by atoms with Crippen LogP contribution in [0.5, 0.6) is 0 Å². The zero-order valence-electron chi connectivity index (χ0n) is 5.06. The molecule has 0 atom stereocenters. The van der Waals surface area contributed by atoms with E-state index >= 15 is 0 Å².